The first-order valence-electron chi connectivity index (χ1n) is 41.8. The average molecular weight is 1610 g/mol. The van der Waals surface area contributed by atoms with E-state index in [0.29, 0.717) is 30.8 Å². The van der Waals surface area contributed by atoms with Crippen LogP contribution < -0.4 is 0 Å². The van der Waals surface area contributed by atoms with E-state index in [2.05, 4.69) is 351 Å². The molecule has 21 heteroatoms. The molecule has 0 aliphatic carbocycles. The molecule has 0 aromatic carbocycles. The van der Waals surface area contributed by atoms with Crippen LogP contribution in [0.15, 0.2) is 0 Å². The standard InChI is InChI=1S/5C16H37N4.Ta/c5*1-9-18(10-2)15(19(11-3)12-4)16(7,8)17-20(13-5)14-6;/h5*15H,9-14H2,1-8H3;/q5*-1;+5. The largest absolute Gasteiger partial charge is 5.00 e. The second kappa shape index (κ2) is 62.7. The van der Waals surface area contributed by atoms with Crippen molar-refractivity contribution < 1.29 is 22.4 Å². The van der Waals surface area contributed by atoms with E-state index in [1.807, 2.05) is 0 Å². The van der Waals surface area contributed by atoms with Gasteiger partial charge in [0.1, 0.15) is 0 Å². The molecule has 0 heterocycles. The normalized spacial score (nSPS) is 13.1. The first kappa shape index (κ1) is 112. The molecule has 20 nitrogen and oxygen atoms in total. The Morgan fingerprint density at radius 1 is 0.149 bits per heavy atom. The summed E-state index contributed by atoms with van der Waals surface area (Å²) in [6.07, 6.45) is 1.77. The fraction of sp³-hybridized carbons (Fsp3) is 1.00. The zero-order chi connectivity index (χ0) is 78.8. The second-order valence-electron chi connectivity index (χ2n) is 28.5. The molecule has 0 aliphatic rings. The topological polar surface area (TPSA) is 119 Å². The first-order valence-corrected chi connectivity index (χ1v) is 41.8. The number of rotatable bonds is 55. The monoisotopic (exact) mass is 1610 g/mol. The maximum Gasteiger partial charge on any atom is 5.00 e. The van der Waals surface area contributed by atoms with Gasteiger partial charge in [0, 0.05) is 30.8 Å². The van der Waals surface area contributed by atoms with Crippen molar-refractivity contribution in [1.29, 1.82) is 0 Å². The minimum Gasteiger partial charge on any atom is -0.587 e. The summed E-state index contributed by atoms with van der Waals surface area (Å²) < 4.78 is 0. The van der Waals surface area contributed by atoms with Crippen LogP contribution >= 0.6 is 0 Å². The van der Waals surface area contributed by atoms with E-state index < -0.39 is 0 Å². The summed E-state index contributed by atoms with van der Waals surface area (Å²) in [7, 11) is 0. The van der Waals surface area contributed by atoms with E-state index in [1.165, 1.54) is 0 Å². The molecule has 610 valence electrons. The Morgan fingerprint density at radius 2 is 0.218 bits per heavy atom. The van der Waals surface area contributed by atoms with Gasteiger partial charge in [0.15, 0.2) is 0 Å². The molecule has 101 heavy (non-hydrogen) atoms. The van der Waals surface area contributed by atoms with Gasteiger partial charge in [-0.1, -0.05) is 305 Å². The molecular weight excluding hydrogens is 1420 g/mol. The summed E-state index contributed by atoms with van der Waals surface area (Å²) in [5.41, 5.74) is 24.6. The first-order chi connectivity index (χ1) is 47.0. The quantitative estimate of drug-likeness (QED) is 0.0424. The van der Waals surface area contributed by atoms with Crippen LogP contribution in [0.1, 0.15) is 277 Å². The van der Waals surface area contributed by atoms with Crippen molar-refractivity contribution in [1.82, 2.24) is 74.0 Å². The minimum atomic E-state index is -0.107. The van der Waals surface area contributed by atoms with Gasteiger partial charge in [-0.15, -0.1) is 0 Å². The Kier molecular flexibility index (Phi) is 69.4. The SMILES string of the molecule is CCN(CC)[N-]C(C)(C)C(N(CC)CC)N(CC)CC.CCN(CC)[N-]C(C)(C)C(N(CC)CC)N(CC)CC.CCN(CC)[N-]C(C)(C)C(N(CC)CC)N(CC)CC.CCN(CC)[N-]C(C)(C)C(N(CC)CC)N(CC)CC.CCN(CC)[N-]C(C)(C)C(N(CC)CC)N(CC)CC.[Ta+5]. The van der Waals surface area contributed by atoms with Gasteiger partial charge in [-0.2, -0.15) is 0 Å². The predicted octanol–water partition coefficient (Wildman–Crippen LogP) is 17.0. The van der Waals surface area contributed by atoms with Crippen molar-refractivity contribution >= 4 is 0 Å². The van der Waals surface area contributed by atoms with Crippen molar-refractivity contribution in [2.45, 2.75) is 335 Å². The maximum atomic E-state index is 5.03. The Morgan fingerprint density at radius 3 is 0.267 bits per heavy atom. The molecule has 0 spiro atoms. The minimum absolute atomic E-state index is 0. The summed E-state index contributed by atoms with van der Waals surface area (Å²) in [5.74, 6) is 0. The van der Waals surface area contributed by atoms with Crippen LogP contribution in [0.2, 0.25) is 0 Å². The van der Waals surface area contributed by atoms with Crippen LogP contribution in [0.3, 0.4) is 0 Å². The van der Waals surface area contributed by atoms with Gasteiger partial charge in [0.2, 0.25) is 0 Å². The van der Waals surface area contributed by atoms with E-state index in [9.17, 15) is 0 Å². The van der Waals surface area contributed by atoms with E-state index in [0.717, 1.165) is 196 Å². The van der Waals surface area contributed by atoms with Crippen LogP contribution in [-0.2, 0) is 22.4 Å². The Bertz CT molecular complexity index is 1390. The van der Waals surface area contributed by atoms with Gasteiger partial charge >= 0.3 is 22.4 Å². The van der Waals surface area contributed by atoms with Crippen LogP contribution in [-0.4, -0.2) is 329 Å². The van der Waals surface area contributed by atoms with Crippen LogP contribution in [0.25, 0.3) is 27.1 Å². The molecule has 0 amide bonds. The smallest absolute Gasteiger partial charge is 0.587 e. The summed E-state index contributed by atoms with van der Waals surface area (Å²) in [6, 6.07) is 0. The van der Waals surface area contributed by atoms with Gasteiger partial charge in [-0.25, -0.2) is 0 Å². The summed E-state index contributed by atoms with van der Waals surface area (Å²) in [4.78, 5) is 25.3. The molecule has 0 saturated carbocycles. The van der Waals surface area contributed by atoms with Gasteiger partial charge in [-0.05, 0) is 196 Å². The molecule has 0 aromatic heterocycles. The number of hydrogen-bond acceptors (Lipinski definition) is 15. The number of likely N-dealkylation sites (N-methyl/N-ethyl adjacent to an activating group) is 10. The molecule has 0 saturated heterocycles. The van der Waals surface area contributed by atoms with Crippen molar-refractivity contribution in [3.63, 3.8) is 0 Å². The Labute approximate surface area is 651 Å². The molecule has 0 bridgehead atoms. The Balaban J connectivity index is -0.000000279. The second-order valence-corrected chi connectivity index (χ2v) is 28.5. The van der Waals surface area contributed by atoms with Crippen LogP contribution in [0.4, 0.5) is 0 Å². The molecule has 0 atom stereocenters. The molecule has 0 fully saturated rings. The summed E-state index contributed by atoms with van der Waals surface area (Å²) in [5, 5.41) is 10.9. The molecule has 0 radical (unpaired) electrons. The molecule has 0 unspecified atom stereocenters. The van der Waals surface area contributed by atoms with Crippen molar-refractivity contribution in [2.75, 3.05) is 196 Å². The van der Waals surface area contributed by atoms with Gasteiger partial charge < -0.3 is 52.2 Å². The van der Waals surface area contributed by atoms with Crippen molar-refractivity contribution in [3.05, 3.63) is 27.1 Å². The third kappa shape index (κ3) is 39.9. The fourth-order valence-electron chi connectivity index (χ4n) is 15.2. The molecule has 0 aromatic rings. The van der Waals surface area contributed by atoms with E-state index in [4.69, 9.17) is 27.1 Å². The molecular formula is C80H185N20Ta. The molecule has 0 aliphatic heterocycles. The zero-order valence-corrected chi connectivity index (χ0v) is 79.2. The van der Waals surface area contributed by atoms with Crippen molar-refractivity contribution in [3.8, 4) is 0 Å². The molecule has 0 N–H and O–H groups in total. The zero-order valence-electron chi connectivity index (χ0n) is 76.0. The average Bonchev–Trinajstić information content (AvgIpc) is 0.850. The molecule has 0 rings (SSSR count). The fourth-order valence-corrected chi connectivity index (χ4v) is 15.2. The third-order valence-electron chi connectivity index (χ3n) is 20.4. The van der Waals surface area contributed by atoms with Crippen LogP contribution in [0.5, 0.6) is 0 Å². The predicted molar refractivity (Wildman–Crippen MR) is 450 cm³/mol. The summed E-state index contributed by atoms with van der Waals surface area (Å²) in [6.45, 7) is 120. The summed E-state index contributed by atoms with van der Waals surface area (Å²) >= 11 is 0. The van der Waals surface area contributed by atoms with E-state index in [1.54, 1.807) is 0 Å². The number of nitrogens with zero attached hydrogens (tertiary/aromatic N) is 20. The van der Waals surface area contributed by atoms with E-state index in [-0.39, 0.29) is 50.1 Å². The van der Waals surface area contributed by atoms with Gasteiger partial charge in [0.25, 0.3) is 0 Å². The maximum absolute atomic E-state index is 5.03. The third-order valence-corrected chi connectivity index (χ3v) is 20.4. The van der Waals surface area contributed by atoms with Gasteiger partial charge in [-0.3, -0.25) is 49.0 Å². The Hall–Kier alpha value is -0.0597. The van der Waals surface area contributed by atoms with Crippen molar-refractivity contribution in [2.24, 2.45) is 0 Å². The van der Waals surface area contributed by atoms with E-state index >= 15 is 0 Å². The van der Waals surface area contributed by atoms with Gasteiger partial charge in [0.05, 0.1) is 0 Å². The van der Waals surface area contributed by atoms with Crippen LogP contribution in [0, 0.1) is 0 Å². The number of hydrogen-bond donors (Lipinski definition) is 0.